The smallest absolute Gasteiger partial charge is 0.273 e. The van der Waals surface area contributed by atoms with Crippen LogP contribution in [0.15, 0.2) is 51.9 Å². The second-order valence-corrected chi connectivity index (χ2v) is 5.64. The third kappa shape index (κ3) is 3.01. The van der Waals surface area contributed by atoms with E-state index < -0.39 is 0 Å². The fourth-order valence-corrected chi connectivity index (χ4v) is 2.34. The number of furan rings is 1. The lowest BCUT2D eigenvalue weighted by Gasteiger charge is -2.03. The van der Waals surface area contributed by atoms with Crippen molar-refractivity contribution in [3.05, 3.63) is 60.0 Å². The highest BCUT2D eigenvalue weighted by molar-refractivity contribution is 5.92. The Morgan fingerprint density at radius 1 is 1.30 bits per heavy atom. The van der Waals surface area contributed by atoms with Gasteiger partial charge in [-0.05, 0) is 30.5 Å². The molecule has 0 aliphatic heterocycles. The molecular formula is C17H15N3O3. The van der Waals surface area contributed by atoms with E-state index in [0.717, 1.165) is 35.4 Å². The molecule has 6 heteroatoms. The number of aromatic nitrogens is 2. The van der Waals surface area contributed by atoms with E-state index in [1.807, 2.05) is 18.2 Å². The maximum absolute atomic E-state index is 12.1. The average molecular weight is 309 g/mol. The minimum atomic E-state index is -0.237. The highest BCUT2D eigenvalue weighted by atomic mass is 16.5. The summed E-state index contributed by atoms with van der Waals surface area (Å²) in [5.41, 5.74) is 3.00. The summed E-state index contributed by atoms with van der Waals surface area (Å²) in [6.45, 7) is 0.392. The number of rotatable bonds is 5. The number of hydrogen-bond acceptors (Lipinski definition) is 5. The summed E-state index contributed by atoms with van der Waals surface area (Å²) in [6, 6.07) is 7.40. The third-order valence-electron chi connectivity index (χ3n) is 3.84. The molecule has 1 saturated carbocycles. The van der Waals surface area contributed by atoms with E-state index in [9.17, 15) is 4.79 Å². The number of nitrogens with one attached hydrogen (secondary N) is 1. The molecule has 116 valence electrons. The minimum Gasteiger partial charge on any atom is -0.472 e. The number of pyridine rings is 1. The summed E-state index contributed by atoms with van der Waals surface area (Å²) in [4.78, 5) is 16.4. The van der Waals surface area contributed by atoms with Crippen LogP contribution in [0.1, 0.15) is 40.6 Å². The Morgan fingerprint density at radius 3 is 2.91 bits per heavy atom. The monoisotopic (exact) mass is 309 g/mol. The summed E-state index contributed by atoms with van der Waals surface area (Å²) < 4.78 is 10.2. The lowest BCUT2D eigenvalue weighted by Crippen LogP contribution is -2.23. The van der Waals surface area contributed by atoms with Gasteiger partial charge in [-0.15, -0.1) is 0 Å². The van der Waals surface area contributed by atoms with Crippen molar-refractivity contribution in [1.29, 1.82) is 0 Å². The average Bonchev–Trinajstić information content (AvgIpc) is 3.10. The van der Waals surface area contributed by atoms with E-state index in [0.29, 0.717) is 18.2 Å². The second-order valence-electron chi connectivity index (χ2n) is 5.64. The minimum absolute atomic E-state index is 0.237. The summed E-state index contributed by atoms with van der Waals surface area (Å²) in [7, 11) is 0. The highest BCUT2D eigenvalue weighted by Gasteiger charge is 2.28. The van der Waals surface area contributed by atoms with Gasteiger partial charge in [-0.1, -0.05) is 11.2 Å². The van der Waals surface area contributed by atoms with Gasteiger partial charge in [-0.3, -0.25) is 9.78 Å². The Bertz CT molecular complexity index is 802. The molecule has 0 aromatic carbocycles. The van der Waals surface area contributed by atoms with Crippen LogP contribution in [0.3, 0.4) is 0 Å². The van der Waals surface area contributed by atoms with Gasteiger partial charge in [-0.2, -0.15) is 0 Å². The standard InChI is InChI=1S/C17H15N3O3/c21-17(15-7-16(23-20-15)12-2-3-12)19-9-11-1-4-14(18-8-11)13-5-6-22-10-13/h1,4-8,10,12H,2-3,9H2,(H,19,21). The van der Waals surface area contributed by atoms with E-state index in [1.54, 1.807) is 24.8 Å². The molecule has 1 fully saturated rings. The zero-order valence-corrected chi connectivity index (χ0v) is 12.4. The summed E-state index contributed by atoms with van der Waals surface area (Å²) in [5.74, 6) is 1.02. The molecule has 1 aliphatic carbocycles. The van der Waals surface area contributed by atoms with Gasteiger partial charge >= 0.3 is 0 Å². The van der Waals surface area contributed by atoms with Crippen LogP contribution in [0, 0.1) is 0 Å². The first-order valence-corrected chi connectivity index (χ1v) is 7.52. The Kier molecular flexibility index (Phi) is 3.42. The second kappa shape index (κ2) is 5.72. The van der Waals surface area contributed by atoms with Gasteiger partial charge in [0.2, 0.25) is 0 Å². The molecular weight excluding hydrogens is 294 g/mol. The molecule has 3 heterocycles. The topological polar surface area (TPSA) is 81.2 Å². The van der Waals surface area contributed by atoms with Gasteiger partial charge in [0.15, 0.2) is 5.69 Å². The molecule has 0 radical (unpaired) electrons. The lowest BCUT2D eigenvalue weighted by atomic mass is 10.2. The van der Waals surface area contributed by atoms with Gasteiger partial charge in [-0.25, -0.2) is 0 Å². The van der Waals surface area contributed by atoms with Crippen molar-refractivity contribution < 1.29 is 13.7 Å². The maximum atomic E-state index is 12.1. The number of carbonyl (C=O) groups is 1. The molecule has 0 bridgehead atoms. The first kappa shape index (κ1) is 13.8. The lowest BCUT2D eigenvalue weighted by molar-refractivity contribution is 0.0941. The number of carbonyl (C=O) groups excluding carboxylic acids is 1. The fraction of sp³-hybridized carbons (Fsp3) is 0.235. The van der Waals surface area contributed by atoms with Gasteiger partial charge in [0.25, 0.3) is 5.91 Å². The van der Waals surface area contributed by atoms with Crippen LogP contribution in [-0.2, 0) is 6.54 Å². The molecule has 1 aliphatic rings. The van der Waals surface area contributed by atoms with Crippen LogP contribution in [0.2, 0.25) is 0 Å². The Labute approximate surface area is 132 Å². The van der Waals surface area contributed by atoms with E-state index in [-0.39, 0.29) is 5.91 Å². The Balaban J connectivity index is 1.37. The van der Waals surface area contributed by atoms with Crippen LogP contribution in [0.25, 0.3) is 11.3 Å². The summed E-state index contributed by atoms with van der Waals surface area (Å²) in [6.07, 6.45) is 7.22. The Morgan fingerprint density at radius 2 is 2.22 bits per heavy atom. The van der Waals surface area contributed by atoms with Gasteiger partial charge in [0, 0.05) is 30.3 Å². The molecule has 0 unspecified atom stereocenters. The van der Waals surface area contributed by atoms with Crippen molar-refractivity contribution in [3.8, 4) is 11.3 Å². The SMILES string of the molecule is O=C(NCc1ccc(-c2ccoc2)nc1)c1cc(C2CC2)on1. The molecule has 0 atom stereocenters. The van der Waals surface area contributed by atoms with Crippen molar-refractivity contribution in [2.24, 2.45) is 0 Å². The van der Waals surface area contributed by atoms with Gasteiger partial charge < -0.3 is 14.3 Å². The molecule has 4 rings (SSSR count). The molecule has 23 heavy (non-hydrogen) atoms. The third-order valence-corrected chi connectivity index (χ3v) is 3.84. The first-order chi connectivity index (χ1) is 11.3. The summed E-state index contributed by atoms with van der Waals surface area (Å²) in [5, 5.41) is 6.65. The number of hydrogen-bond donors (Lipinski definition) is 1. The number of nitrogens with zero attached hydrogens (tertiary/aromatic N) is 2. The van der Waals surface area contributed by atoms with Crippen LogP contribution < -0.4 is 5.32 Å². The van der Waals surface area contributed by atoms with Crippen molar-refractivity contribution in [1.82, 2.24) is 15.5 Å². The van der Waals surface area contributed by atoms with Crippen LogP contribution in [0.4, 0.5) is 0 Å². The van der Waals surface area contributed by atoms with Crippen molar-refractivity contribution in [2.75, 3.05) is 0 Å². The molecule has 6 nitrogen and oxygen atoms in total. The molecule has 0 spiro atoms. The predicted octanol–water partition coefficient (Wildman–Crippen LogP) is 3.14. The Hall–Kier alpha value is -2.89. The van der Waals surface area contributed by atoms with Crippen molar-refractivity contribution in [2.45, 2.75) is 25.3 Å². The van der Waals surface area contributed by atoms with Crippen LogP contribution >= 0.6 is 0 Å². The molecule has 1 N–H and O–H groups in total. The normalized spacial score (nSPS) is 13.9. The molecule has 0 saturated heterocycles. The number of amides is 1. The van der Waals surface area contributed by atoms with E-state index in [1.165, 1.54) is 0 Å². The highest BCUT2D eigenvalue weighted by Crippen LogP contribution is 2.40. The van der Waals surface area contributed by atoms with Crippen molar-refractivity contribution in [3.63, 3.8) is 0 Å². The molecule has 1 amide bonds. The molecule has 3 aromatic rings. The largest absolute Gasteiger partial charge is 0.472 e. The maximum Gasteiger partial charge on any atom is 0.273 e. The van der Waals surface area contributed by atoms with Gasteiger partial charge in [0.1, 0.15) is 5.76 Å². The summed E-state index contributed by atoms with van der Waals surface area (Å²) >= 11 is 0. The zero-order valence-electron chi connectivity index (χ0n) is 12.4. The first-order valence-electron chi connectivity index (χ1n) is 7.52. The van der Waals surface area contributed by atoms with E-state index in [2.05, 4.69) is 15.5 Å². The quantitative estimate of drug-likeness (QED) is 0.783. The van der Waals surface area contributed by atoms with Gasteiger partial charge in [0.05, 0.1) is 18.2 Å². The van der Waals surface area contributed by atoms with Crippen LogP contribution in [-0.4, -0.2) is 16.0 Å². The zero-order chi connectivity index (χ0) is 15.6. The van der Waals surface area contributed by atoms with E-state index in [4.69, 9.17) is 8.94 Å². The van der Waals surface area contributed by atoms with Crippen LogP contribution in [0.5, 0.6) is 0 Å². The fourth-order valence-electron chi connectivity index (χ4n) is 2.34. The van der Waals surface area contributed by atoms with Crippen molar-refractivity contribution >= 4 is 5.91 Å². The predicted molar refractivity (Wildman–Crippen MR) is 81.6 cm³/mol. The molecule has 3 aromatic heterocycles. The van der Waals surface area contributed by atoms with E-state index >= 15 is 0 Å².